The molecule has 4 nitrogen and oxygen atoms in total. The molecule has 0 aromatic heterocycles. The van der Waals surface area contributed by atoms with E-state index in [9.17, 15) is 8.42 Å². The van der Waals surface area contributed by atoms with Crippen LogP contribution in [0.5, 0.6) is 0 Å². The van der Waals surface area contributed by atoms with Crippen molar-refractivity contribution < 1.29 is 8.42 Å². The summed E-state index contributed by atoms with van der Waals surface area (Å²) < 4.78 is 27.4. The molecular weight excluding hydrogens is 376 g/mol. The molecule has 0 saturated heterocycles. The van der Waals surface area contributed by atoms with E-state index in [0.29, 0.717) is 20.6 Å². The van der Waals surface area contributed by atoms with Gasteiger partial charge in [-0.25, -0.2) is 13.1 Å². The lowest BCUT2D eigenvalue weighted by molar-refractivity contribution is 0.581. The van der Waals surface area contributed by atoms with Gasteiger partial charge in [-0.3, -0.25) is 0 Å². The molecule has 7 heteroatoms. The molecule has 0 radical (unpaired) electrons. The summed E-state index contributed by atoms with van der Waals surface area (Å²) in [6.07, 6.45) is 0. The number of rotatable bonds is 4. The zero-order chi connectivity index (χ0) is 15.5. The van der Waals surface area contributed by atoms with Gasteiger partial charge in [-0.05, 0) is 51.8 Å². The Hall–Kier alpha value is -1.39. The molecule has 0 aliphatic carbocycles. The summed E-state index contributed by atoms with van der Waals surface area (Å²) in [6.45, 7) is 0.109. The number of nitrogens with zero attached hydrogens (tertiary/aromatic N) is 1. The highest BCUT2D eigenvalue weighted by molar-refractivity contribution is 9.10. The Morgan fingerprint density at radius 2 is 2.00 bits per heavy atom. The lowest BCUT2D eigenvalue weighted by atomic mass is 10.1. The maximum atomic E-state index is 12.2. The Kier molecular flexibility index (Phi) is 5.01. The number of benzene rings is 2. The highest BCUT2D eigenvalue weighted by Gasteiger charge is 2.15. The number of halogens is 2. The molecule has 2 aromatic carbocycles. The van der Waals surface area contributed by atoms with Crippen LogP contribution >= 0.6 is 27.5 Å². The van der Waals surface area contributed by atoms with E-state index in [1.54, 1.807) is 24.3 Å². The first-order chi connectivity index (χ1) is 9.92. The lowest BCUT2D eigenvalue weighted by Gasteiger charge is -2.08. The van der Waals surface area contributed by atoms with Crippen LogP contribution in [0.4, 0.5) is 0 Å². The van der Waals surface area contributed by atoms with E-state index < -0.39 is 10.0 Å². The zero-order valence-corrected chi connectivity index (χ0v) is 13.8. The number of nitrogens with one attached hydrogen (secondary N) is 1. The summed E-state index contributed by atoms with van der Waals surface area (Å²) in [7, 11) is -3.64. The molecule has 0 saturated carbocycles. The Morgan fingerprint density at radius 3 is 2.67 bits per heavy atom. The largest absolute Gasteiger partial charge is 0.240 e. The maximum absolute atomic E-state index is 12.2. The first-order valence-corrected chi connectivity index (χ1v) is 8.51. The van der Waals surface area contributed by atoms with Gasteiger partial charge >= 0.3 is 0 Å². The Morgan fingerprint density at radius 1 is 1.24 bits per heavy atom. The summed E-state index contributed by atoms with van der Waals surface area (Å²) in [5, 5.41) is 9.26. The van der Waals surface area contributed by atoms with Gasteiger partial charge in [-0.1, -0.05) is 23.7 Å². The van der Waals surface area contributed by atoms with E-state index in [4.69, 9.17) is 16.9 Å². The van der Waals surface area contributed by atoms with E-state index in [1.807, 2.05) is 6.07 Å². The van der Waals surface area contributed by atoms with E-state index in [2.05, 4.69) is 20.7 Å². The average molecular weight is 386 g/mol. The molecule has 0 fully saturated rings. The van der Waals surface area contributed by atoms with Crippen LogP contribution in [0, 0.1) is 11.3 Å². The number of nitriles is 1. The molecule has 1 N–H and O–H groups in total. The molecule has 108 valence electrons. The molecule has 21 heavy (non-hydrogen) atoms. The summed E-state index contributed by atoms with van der Waals surface area (Å²) >= 11 is 9.04. The van der Waals surface area contributed by atoms with Crippen molar-refractivity contribution in [2.24, 2.45) is 0 Å². The van der Waals surface area contributed by atoms with Crippen molar-refractivity contribution in [3.63, 3.8) is 0 Å². The molecule has 0 aliphatic rings. The monoisotopic (exact) mass is 384 g/mol. The van der Waals surface area contributed by atoms with Gasteiger partial charge < -0.3 is 0 Å². The second-order valence-corrected chi connectivity index (χ2v) is 7.24. The van der Waals surface area contributed by atoms with Crippen molar-refractivity contribution in [3.8, 4) is 6.07 Å². The van der Waals surface area contributed by atoms with Crippen molar-refractivity contribution in [2.45, 2.75) is 11.4 Å². The molecule has 0 unspecified atom stereocenters. The molecule has 0 aliphatic heterocycles. The van der Waals surface area contributed by atoms with E-state index >= 15 is 0 Å². The average Bonchev–Trinajstić information content (AvgIpc) is 2.48. The van der Waals surface area contributed by atoms with Crippen molar-refractivity contribution in [2.75, 3.05) is 0 Å². The molecule has 0 bridgehead atoms. The molecule has 0 heterocycles. The normalized spacial score (nSPS) is 11.1. The summed E-state index contributed by atoms with van der Waals surface area (Å²) in [5.41, 5.74) is 1.20. The van der Waals surface area contributed by atoms with Crippen molar-refractivity contribution in [1.29, 1.82) is 5.26 Å². The van der Waals surface area contributed by atoms with Crippen LogP contribution in [-0.4, -0.2) is 8.42 Å². The highest BCUT2D eigenvalue weighted by atomic mass is 79.9. The second kappa shape index (κ2) is 6.58. The minimum absolute atomic E-state index is 0.109. The van der Waals surface area contributed by atoms with Gasteiger partial charge in [0.25, 0.3) is 0 Å². The van der Waals surface area contributed by atoms with E-state index in [0.717, 1.165) is 0 Å². The van der Waals surface area contributed by atoms with Crippen LogP contribution in [0.2, 0.25) is 5.02 Å². The highest BCUT2D eigenvalue weighted by Crippen LogP contribution is 2.25. The molecule has 0 spiro atoms. The third-order valence-corrected chi connectivity index (χ3v) is 5.34. The quantitative estimate of drug-likeness (QED) is 0.876. The van der Waals surface area contributed by atoms with Gasteiger partial charge in [0.1, 0.15) is 0 Å². The van der Waals surface area contributed by atoms with Crippen LogP contribution in [0.3, 0.4) is 0 Å². The number of hydrogen-bond donors (Lipinski definition) is 1. The Bertz CT molecular complexity index is 816. The second-order valence-electron chi connectivity index (χ2n) is 4.21. The predicted octanol–water partition coefficient (Wildman–Crippen LogP) is 3.45. The van der Waals surface area contributed by atoms with Crippen molar-refractivity contribution in [1.82, 2.24) is 4.72 Å². The minimum Gasteiger partial charge on any atom is -0.207 e. The summed E-state index contributed by atoms with van der Waals surface area (Å²) in [6, 6.07) is 13.2. The third kappa shape index (κ3) is 4.05. The summed E-state index contributed by atoms with van der Waals surface area (Å²) in [4.78, 5) is 0.121. The SMILES string of the molecule is N#Cc1cccc(CNS(=O)(=O)c2ccc(Cl)c(Br)c2)c1. The van der Waals surface area contributed by atoms with Crippen LogP contribution in [0.15, 0.2) is 51.8 Å². The molecule has 2 rings (SSSR count). The predicted molar refractivity (Wildman–Crippen MR) is 84.3 cm³/mol. The third-order valence-electron chi connectivity index (χ3n) is 2.72. The zero-order valence-electron chi connectivity index (χ0n) is 10.7. The van der Waals surface area contributed by atoms with Crippen LogP contribution in [-0.2, 0) is 16.6 Å². The number of sulfonamides is 1. The Balaban J connectivity index is 2.17. The van der Waals surface area contributed by atoms with Crippen LogP contribution in [0.1, 0.15) is 11.1 Å². The minimum atomic E-state index is -3.64. The van der Waals surface area contributed by atoms with E-state index in [1.165, 1.54) is 18.2 Å². The van der Waals surface area contributed by atoms with Gasteiger partial charge in [0, 0.05) is 11.0 Å². The van der Waals surface area contributed by atoms with Gasteiger partial charge in [-0.15, -0.1) is 0 Å². The maximum Gasteiger partial charge on any atom is 0.240 e. The smallest absolute Gasteiger partial charge is 0.207 e. The molecule has 0 atom stereocenters. The lowest BCUT2D eigenvalue weighted by Crippen LogP contribution is -2.23. The van der Waals surface area contributed by atoms with Crippen molar-refractivity contribution >= 4 is 37.6 Å². The van der Waals surface area contributed by atoms with E-state index in [-0.39, 0.29) is 11.4 Å². The summed E-state index contributed by atoms with van der Waals surface area (Å²) in [5.74, 6) is 0. The Labute approximate surface area is 136 Å². The first-order valence-electron chi connectivity index (χ1n) is 5.86. The van der Waals surface area contributed by atoms with Gasteiger partial charge in [0.2, 0.25) is 10.0 Å². The number of hydrogen-bond acceptors (Lipinski definition) is 3. The fourth-order valence-corrected chi connectivity index (χ4v) is 3.35. The van der Waals surface area contributed by atoms with Gasteiger partial charge in [0.15, 0.2) is 0 Å². The molecule has 2 aromatic rings. The first kappa shape index (κ1) is 16.0. The fourth-order valence-electron chi connectivity index (χ4n) is 1.66. The topological polar surface area (TPSA) is 70.0 Å². The van der Waals surface area contributed by atoms with Crippen LogP contribution in [0.25, 0.3) is 0 Å². The fraction of sp³-hybridized carbons (Fsp3) is 0.0714. The molecular formula is C14H10BrClN2O2S. The van der Waals surface area contributed by atoms with Crippen LogP contribution < -0.4 is 4.72 Å². The molecule has 0 amide bonds. The van der Waals surface area contributed by atoms with Gasteiger partial charge in [-0.2, -0.15) is 5.26 Å². The van der Waals surface area contributed by atoms with Gasteiger partial charge in [0.05, 0.1) is 21.6 Å². The standard InChI is InChI=1S/C14H10BrClN2O2S/c15-13-7-12(4-5-14(13)16)21(19,20)18-9-11-3-1-2-10(6-11)8-17/h1-7,18H,9H2. The van der Waals surface area contributed by atoms with Crippen molar-refractivity contribution in [3.05, 3.63) is 63.1 Å².